The van der Waals surface area contributed by atoms with Gasteiger partial charge in [0.15, 0.2) is 11.5 Å². The van der Waals surface area contributed by atoms with E-state index in [-0.39, 0.29) is 18.6 Å². The van der Waals surface area contributed by atoms with Crippen LogP contribution < -0.4 is 14.4 Å². The summed E-state index contributed by atoms with van der Waals surface area (Å²) in [6.45, 7) is 0.720. The first kappa shape index (κ1) is 18.4. The van der Waals surface area contributed by atoms with Crippen molar-refractivity contribution in [2.75, 3.05) is 25.3 Å². The molecule has 0 radical (unpaired) electrons. The number of hydrogen-bond acceptors (Lipinski definition) is 4. The van der Waals surface area contributed by atoms with Crippen molar-refractivity contribution in [2.24, 2.45) is 0 Å². The highest BCUT2D eigenvalue weighted by Crippen LogP contribution is 2.40. The number of likely N-dealkylation sites (N-methyl/N-ethyl adjacent to an activating group) is 1. The molecular formula is C21H19ClN2O4. The molecule has 0 spiro atoms. The Morgan fingerprint density at radius 1 is 1.25 bits per heavy atom. The summed E-state index contributed by atoms with van der Waals surface area (Å²) in [5, 5.41) is 0.430. The molecule has 2 aromatic carbocycles. The Balaban J connectivity index is 1.45. The lowest BCUT2D eigenvalue weighted by atomic mass is 10.1. The first-order valence-corrected chi connectivity index (χ1v) is 9.33. The second-order valence-corrected chi connectivity index (χ2v) is 7.06. The number of para-hydroxylation sites is 1. The van der Waals surface area contributed by atoms with Crippen molar-refractivity contribution in [3.8, 4) is 11.5 Å². The number of ether oxygens (including phenoxy) is 2. The molecule has 0 saturated carbocycles. The maximum absolute atomic E-state index is 12.8. The molecule has 1 unspecified atom stereocenters. The molecule has 0 bridgehead atoms. The van der Waals surface area contributed by atoms with Gasteiger partial charge in [-0.1, -0.05) is 29.8 Å². The van der Waals surface area contributed by atoms with Crippen molar-refractivity contribution in [3.05, 3.63) is 59.1 Å². The van der Waals surface area contributed by atoms with Crippen molar-refractivity contribution in [1.29, 1.82) is 0 Å². The number of hydrogen-bond donors (Lipinski definition) is 0. The van der Waals surface area contributed by atoms with Crippen LogP contribution in [0.4, 0.5) is 5.69 Å². The van der Waals surface area contributed by atoms with E-state index in [1.807, 2.05) is 30.3 Å². The van der Waals surface area contributed by atoms with Gasteiger partial charge in [0.25, 0.3) is 0 Å². The molecule has 0 N–H and O–H groups in total. The van der Waals surface area contributed by atoms with E-state index in [1.165, 1.54) is 11.0 Å². The van der Waals surface area contributed by atoms with Gasteiger partial charge in [-0.15, -0.1) is 0 Å². The number of nitrogens with zero attached hydrogens (tertiary/aromatic N) is 2. The summed E-state index contributed by atoms with van der Waals surface area (Å²) in [6, 6.07) is 12.5. The Kier molecular flexibility index (Phi) is 4.96. The Labute approximate surface area is 167 Å². The normalized spacial score (nSPS) is 18.1. The van der Waals surface area contributed by atoms with Gasteiger partial charge >= 0.3 is 0 Å². The zero-order chi connectivity index (χ0) is 19.7. The van der Waals surface area contributed by atoms with Gasteiger partial charge in [0.2, 0.25) is 18.6 Å². The molecule has 0 aliphatic carbocycles. The summed E-state index contributed by atoms with van der Waals surface area (Å²) < 4.78 is 10.6. The monoisotopic (exact) mass is 398 g/mol. The summed E-state index contributed by atoms with van der Waals surface area (Å²) >= 11 is 6.17. The van der Waals surface area contributed by atoms with Crippen LogP contribution >= 0.6 is 11.6 Å². The maximum Gasteiger partial charge on any atom is 0.249 e. The molecule has 1 saturated heterocycles. The summed E-state index contributed by atoms with van der Waals surface area (Å²) in [5.74, 6) is 0.751. The smallest absolute Gasteiger partial charge is 0.249 e. The molecule has 2 amide bonds. The van der Waals surface area contributed by atoms with E-state index >= 15 is 0 Å². The molecule has 2 aliphatic heterocycles. The maximum atomic E-state index is 12.8. The van der Waals surface area contributed by atoms with Crippen molar-refractivity contribution < 1.29 is 19.1 Å². The van der Waals surface area contributed by atoms with Crippen LogP contribution in [0.15, 0.2) is 48.5 Å². The molecule has 28 heavy (non-hydrogen) atoms. The lowest BCUT2D eigenvalue weighted by molar-refractivity contribution is -0.132. The lowest BCUT2D eigenvalue weighted by Crippen LogP contribution is -2.42. The SMILES string of the molecule is CN(C(=O)/C=C/c1cc(Cl)c2c(c1)OCO2)C1CCN(c2ccccc2)C1=O. The minimum atomic E-state index is -0.474. The molecular weight excluding hydrogens is 380 g/mol. The Morgan fingerprint density at radius 2 is 2.04 bits per heavy atom. The lowest BCUT2D eigenvalue weighted by Gasteiger charge is -2.23. The van der Waals surface area contributed by atoms with E-state index in [1.54, 1.807) is 30.2 Å². The Hall–Kier alpha value is -2.99. The van der Waals surface area contributed by atoms with E-state index < -0.39 is 6.04 Å². The van der Waals surface area contributed by atoms with Crippen molar-refractivity contribution in [2.45, 2.75) is 12.5 Å². The molecule has 1 fully saturated rings. The van der Waals surface area contributed by atoms with Gasteiger partial charge < -0.3 is 19.3 Å². The molecule has 144 valence electrons. The third kappa shape index (κ3) is 3.43. The van der Waals surface area contributed by atoms with Crippen molar-refractivity contribution in [1.82, 2.24) is 4.90 Å². The average Bonchev–Trinajstić information content (AvgIpc) is 3.33. The number of carbonyl (C=O) groups excluding carboxylic acids is 2. The number of carbonyl (C=O) groups is 2. The average molecular weight is 399 g/mol. The number of rotatable bonds is 4. The fourth-order valence-electron chi connectivity index (χ4n) is 3.41. The second-order valence-electron chi connectivity index (χ2n) is 6.65. The highest BCUT2D eigenvalue weighted by molar-refractivity contribution is 6.32. The van der Waals surface area contributed by atoms with Gasteiger partial charge in [-0.3, -0.25) is 9.59 Å². The molecule has 2 aromatic rings. The van der Waals surface area contributed by atoms with Crippen LogP contribution in [0.2, 0.25) is 5.02 Å². The molecule has 7 heteroatoms. The van der Waals surface area contributed by atoms with E-state index in [4.69, 9.17) is 21.1 Å². The van der Waals surface area contributed by atoms with Crippen LogP contribution in [-0.4, -0.2) is 43.1 Å². The van der Waals surface area contributed by atoms with Crippen molar-refractivity contribution >= 4 is 35.2 Å². The number of anilines is 1. The third-order valence-electron chi connectivity index (χ3n) is 4.93. The van der Waals surface area contributed by atoms with Gasteiger partial charge in [-0.2, -0.15) is 0 Å². The van der Waals surface area contributed by atoms with Crippen LogP contribution in [0.5, 0.6) is 11.5 Å². The van der Waals surface area contributed by atoms with E-state index in [0.717, 1.165) is 11.3 Å². The zero-order valence-electron chi connectivity index (χ0n) is 15.3. The van der Waals surface area contributed by atoms with E-state index in [0.29, 0.717) is 29.5 Å². The minimum Gasteiger partial charge on any atom is -0.454 e. The fourth-order valence-corrected chi connectivity index (χ4v) is 3.68. The molecule has 1 atom stereocenters. The number of halogens is 1. The predicted octanol–water partition coefficient (Wildman–Crippen LogP) is 3.35. The van der Waals surface area contributed by atoms with Crippen LogP contribution in [0.1, 0.15) is 12.0 Å². The molecule has 4 rings (SSSR count). The first-order valence-electron chi connectivity index (χ1n) is 8.95. The largest absolute Gasteiger partial charge is 0.454 e. The molecule has 2 aliphatic rings. The van der Waals surface area contributed by atoms with Crippen LogP contribution in [0, 0.1) is 0 Å². The summed E-state index contributed by atoms with van der Waals surface area (Å²) in [7, 11) is 1.65. The van der Waals surface area contributed by atoms with E-state index in [9.17, 15) is 9.59 Å². The Morgan fingerprint density at radius 3 is 2.82 bits per heavy atom. The van der Waals surface area contributed by atoms with Gasteiger partial charge in [0, 0.05) is 25.4 Å². The van der Waals surface area contributed by atoms with E-state index in [2.05, 4.69) is 0 Å². The predicted molar refractivity (Wildman–Crippen MR) is 107 cm³/mol. The van der Waals surface area contributed by atoms with Gasteiger partial charge in [0.1, 0.15) is 6.04 Å². The standard InChI is InChI=1S/C21H19ClN2O4/c1-23(17-9-10-24(21(17)26)15-5-3-2-4-6-15)19(25)8-7-14-11-16(22)20-18(12-14)27-13-28-20/h2-8,11-12,17H,9-10,13H2,1H3/b8-7+. The van der Waals surface area contributed by atoms with Crippen LogP contribution in [-0.2, 0) is 9.59 Å². The molecule has 2 heterocycles. The molecule has 0 aromatic heterocycles. The Bertz CT molecular complexity index is 945. The molecule has 6 nitrogen and oxygen atoms in total. The summed E-state index contributed by atoms with van der Waals surface area (Å²) in [4.78, 5) is 28.5. The number of amides is 2. The first-order chi connectivity index (χ1) is 13.5. The second kappa shape index (κ2) is 7.56. The van der Waals surface area contributed by atoms with Gasteiger partial charge in [0.05, 0.1) is 5.02 Å². The third-order valence-corrected chi connectivity index (χ3v) is 5.21. The van der Waals surface area contributed by atoms with Crippen molar-refractivity contribution in [3.63, 3.8) is 0 Å². The topological polar surface area (TPSA) is 59.1 Å². The highest BCUT2D eigenvalue weighted by Gasteiger charge is 2.36. The van der Waals surface area contributed by atoms with Crippen LogP contribution in [0.25, 0.3) is 6.08 Å². The number of benzene rings is 2. The fraction of sp³-hybridized carbons (Fsp3) is 0.238. The zero-order valence-corrected chi connectivity index (χ0v) is 16.1. The quantitative estimate of drug-likeness (QED) is 0.741. The van der Waals surface area contributed by atoms with Gasteiger partial charge in [-0.05, 0) is 42.3 Å². The van der Waals surface area contributed by atoms with Crippen LogP contribution in [0.3, 0.4) is 0 Å². The summed E-state index contributed by atoms with van der Waals surface area (Å²) in [5.41, 5.74) is 1.57. The summed E-state index contributed by atoms with van der Waals surface area (Å²) in [6.07, 6.45) is 3.69. The number of fused-ring (bicyclic) bond motifs is 1. The minimum absolute atomic E-state index is 0.0680. The van der Waals surface area contributed by atoms with Gasteiger partial charge in [-0.25, -0.2) is 0 Å². The highest BCUT2D eigenvalue weighted by atomic mass is 35.5.